The summed E-state index contributed by atoms with van der Waals surface area (Å²) in [5.74, 6) is -2.00. The quantitative estimate of drug-likeness (QED) is 0.608. The van der Waals surface area contributed by atoms with Crippen molar-refractivity contribution in [3.8, 4) is 6.07 Å². The molecular formula is C12H13F2N3O2. The molecule has 0 N–H and O–H groups in total. The second kappa shape index (κ2) is 6.09. The zero-order valence-electron chi connectivity index (χ0n) is 10.6. The Labute approximate surface area is 109 Å². The normalized spacial score (nSPS) is 10.3. The van der Waals surface area contributed by atoms with Crippen LogP contribution < -0.4 is 4.90 Å². The van der Waals surface area contributed by atoms with Crippen molar-refractivity contribution in [1.82, 2.24) is 0 Å². The van der Waals surface area contributed by atoms with E-state index in [-0.39, 0.29) is 24.7 Å². The van der Waals surface area contributed by atoms with Gasteiger partial charge in [0.1, 0.15) is 5.69 Å². The van der Waals surface area contributed by atoms with Gasteiger partial charge in [-0.15, -0.1) is 0 Å². The van der Waals surface area contributed by atoms with Crippen LogP contribution in [0.5, 0.6) is 0 Å². The van der Waals surface area contributed by atoms with Gasteiger partial charge in [-0.25, -0.2) is 8.78 Å². The molecule has 0 atom stereocenters. The molecule has 0 heterocycles. The third-order valence-corrected chi connectivity index (χ3v) is 2.59. The highest BCUT2D eigenvalue weighted by molar-refractivity contribution is 5.54. The van der Waals surface area contributed by atoms with Crippen molar-refractivity contribution < 1.29 is 13.7 Å². The average Bonchev–Trinajstić information content (AvgIpc) is 2.31. The molecule has 0 aromatic heterocycles. The van der Waals surface area contributed by atoms with Crippen LogP contribution in [0.4, 0.5) is 20.2 Å². The number of hydrogen-bond donors (Lipinski definition) is 0. The molecule has 19 heavy (non-hydrogen) atoms. The van der Waals surface area contributed by atoms with E-state index in [4.69, 9.17) is 5.26 Å². The number of nitro groups is 1. The minimum absolute atomic E-state index is 0.105. The van der Waals surface area contributed by atoms with Gasteiger partial charge in [0.2, 0.25) is 0 Å². The SMILES string of the molecule is CC(C)N(CCC#N)c1c(F)cc([N+](=O)[O-])cc1F. The van der Waals surface area contributed by atoms with Gasteiger partial charge >= 0.3 is 0 Å². The van der Waals surface area contributed by atoms with E-state index < -0.39 is 22.2 Å². The number of benzene rings is 1. The van der Waals surface area contributed by atoms with Crippen LogP contribution >= 0.6 is 0 Å². The summed E-state index contributed by atoms with van der Waals surface area (Å²) in [5, 5.41) is 19.1. The highest BCUT2D eigenvalue weighted by atomic mass is 19.1. The van der Waals surface area contributed by atoms with Gasteiger partial charge in [-0.2, -0.15) is 5.26 Å². The first-order valence-corrected chi connectivity index (χ1v) is 5.65. The molecule has 7 heteroatoms. The predicted octanol–water partition coefficient (Wildman–Crippen LogP) is 3.00. The summed E-state index contributed by atoms with van der Waals surface area (Å²) >= 11 is 0. The molecule has 0 aliphatic heterocycles. The molecule has 1 aromatic rings. The van der Waals surface area contributed by atoms with Crippen molar-refractivity contribution >= 4 is 11.4 Å². The van der Waals surface area contributed by atoms with E-state index in [2.05, 4.69) is 0 Å². The van der Waals surface area contributed by atoms with Gasteiger partial charge in [0.25, 0.3) is 5.69 Å². The fourth-order valence-electron chi connectivity index (χ4n) is 1.73. The number of anilines is 1. The molecule has 0 saturated carbocycles. The van der Waals surface area contributed by atoms with Crippen LogP contribution in [0.2, 0.25) is 0 Å². The monoisotopic (exact) mass is 269 g/mol. The number of nitrogens with zero attached hydrogens (tertiary/aromatic N) is 3. The molecule has 1 rings (SSSR count). The molecule has 0 fully saturated rings. The van der Waals surface area contributed by atoms with E-state index in [1.165, 1.54) is 4.90 Å². The third kappa shape index (κ3) is 3.37. The van der Waals surface area contributed by atoms with Crippen molar-refractivity contribution in [2.45, 2.75) is 26.3 Å². The predicted molar refractivity (Wildman–Crippen MR) is 65.7 cm³/mol. The topological polar surface area (TPSA) is 70.2 Å². The summed E-state index contributed by atoms with van der Waals surface area (Å²) in [6, 6.07) is 3.02. The lowest BCUT2D eigenvalue weighted by Gasteiger charge is -2.28. The Kier molecular flexibility index (Phi) is 4.75. The maximum atomic E-state index is 13.8. The Morgan fingerprint density at radius 1 is 1.42 bits per heavy atom. The lowest BCUT2D eigenvalue weighted by molar-refractivity contribution is -0.385. The number of rotatable bonds is 5. The van der Waals surface area contributed by atoms with Crippen LogP contribution in [-0.4, -0.2) is 17.5 Å². The van der Waals surface area contributed by atoms with Crippen molar-refractivity contribution in [3.05, 3.63) is 33.9 Å². The zero-order chi connectivity index (χ0) is 14.6. The molecule has 0 aliphatic carbocycles. The Morgan fingerprint density at radius 3 is 2.32 bits per heavy atom. The Bertz CT molecular complexity index is 503. The molecule has 102 valence electrons. The van der Waals surface area contributed by atoms with E-state index in [1.807, 2.05) is 6.07 Å². The van der Waals surface area contributed by atoms with Gasteiger partial charge < -0.3 is 4.90 Å². The smallest absolute Gasteiger partial charge is 0.275 e. The third-order valence-electron chi connectivity index (χ3n) is 2.59. The number of hydrogen-bond acceptors (Lipinski definition) is 4. The van der Waals surface area contributed by atoms with E-state index in [0.717, 1.165) is 0 Å². The molecule has 0 aliphatic rings. The number of halogens is 2. The van der Waals surface area contributed by atoms with Crippen LogP contribution in [0.15, 0.2) is 12.1 Å². The van der Waals surface area contributed by atoms with Gasteiger partial charge in [-0.05, 0) is 13.8 Å². The lowest BCUT2D eigenvalue weighted by Crippen LogP contribution is -2.33. The molecule has 0 radical (unpaired) electrons. The molecule has 5 nitrogen and oxygen atoms in total. The van der Waals surface area contributed by atoms with Crippen molar-refractivity contribution in [3.63, 3.8) is 0 Å². The van der Waals surface area contributed by atoms with E-state index in [9.17, 15) is 18.9 Å². The number of nitriles is 1. The summed E-state index contributed by atoms with van der Waals surface area (Å²) in [6.07, 6.45) is 0.105. The Balaban J connectivity index is 3.24. The Hall–Kier alpha value is -2.23. The first-order chi connectivity index (χ1) is 8.88. The summed E-state index contributed by atoms with van der Waals surface area (Å²) in [5.41, 5.74) is -0.974. The standard InChI is InChI=1S/C12H13F2N3O2/c1-8(2)16(5-3-4-15)12-10(13)6-9(17(18)19)7-11(12)14/h6-8H,3,5H2,1-2H3. The average molecular weight is 269 g/mol. The minimum Gasteiger partial charge on any atom is -0.363 e. The molecule has 0 spiro atoms. The Morgan fingerprint density at radius 2 is 1.95 bits per heavy atom. The van der Waals surface area contributed by atoms with Crippen molar-refractivity contribution in [2.75, 3.05) is 11.4 Å². The van der Waals surface area contributed by atoms with Gasteiger partial charge in [0.15, 0.2) is 11.6 Å². The van der Waals surface area contributed by atoms with Crippen LogP contribution in [-0.2, 0) is 0 Å². The zero-order valence-corrected chi connectivity index (χ0v) is 10.6. The number of non-ortho nitro benzene ring substituents is 1. The maximum Gasteiger partial charge on any atom is 0.275 e. The molecule has 0 saturated heterocycles. The lowest BCUT2D eigenvalue weighted by atomic mass is 10.2. The first kappa shape index (κ1) is 14.8. The second-order valence-corrected chi connectivity index (χ2v) is 4.21. The maximum absolute atomic E-state index is 13.8. The molecular weight excluding hydrogens is 256 g/mol. The highest BCUT2D eigenvalue weighted by Gasteiger charge is 2.23. The van der Waals surface area contributed by atoms with Gasteiger partial charge in [-0.1, -0.05) is 0 Å². The fraction of sp³-hybridized carbons (Fsp3) is 0.417. The molecule has 0 amide bonds. The van der Waals surface area contributed by atoms with Crippen LogP contribution in [0.25, 0.3) is 0 Å². The van der Waals surface area contributed by atoms with Crippen molar-refractivity contribution in [2.24, 2.45) is 0 Å². The first-order valence-electron chi connectivity index (χ1n) is 5.65. The number of nitro benzene ring substituents is 1. The van der Waals surface area contributed by atoms with E-state index >= 15 is 0 Å². The minimum atomic E-state index is -1.00. The van der Waals surface area contributed by atoms with Crippen LogP contribution in [0, 0.1) is 33.1 Å². The van der Waals surface area contributed by atoms with E-state index in [0.29, 0.717) is 12.1 Å². The molecule has 0 unspecified atom stereocenters. The molecule has 1 aromatic carbocycles. The van der Waals surface area contributed by atoms with Gasteiger partial charge in [-0.3, -0.25) is 10.1 Å². The van der Waals surface area contributed by atoms with Crippen molar-refractivity contribution in [1.29, 1.82) is 5.26 Å². The summed E-state index contributed by atoms with van der Waals surface area (Å²) in [6.45, 7) is 3.59. The fourth-order valence-corrected chi connectivity index (χ4v) is 1.73. The summed E-state index contributed by atoms with van der Waals surface area (Å²) < 4.78 is 27.7. The van der Waals surface area contributed by atoms with Gasteiger partial charge in [0, 0.05) is 12.6 Å². The summed E-state index contributed by atoms with van der Waals surface area (Å²) in [7, 11) is 0. The van der Waals surface area contributed by atoms with Crippen LogP contribution in [0.3, 0.4) is 0 Å². The summed E-state index contributed by atoms with van der Waals surface area (Å²) in [4.78, 5) is 11.0. The van der Waals surface area contributed by atoms with Gasteiger partial charge in [0.05, 0.1) is 29.5 Å². The van der Waals surface area contributed by atoms with Crippen LogP contribution in [0.1, 0.15) is 20.3 Å². The molecule has 0 bridgehead atoms. The highest BCUT2D eigenvalue weighted by Crippen LogP contribution is 2.29. The van der Waals surface area contributed by atoms with E-state index in [1.54, 1.807) is 13.8 Å². The second-order valence-electron chi connectivity index (χ2n) is 4.21. The largest absolute Gasteiger partial charge is 0.363 e.